The van der Waals surface area contributed by atoms with Gasteiger partial charge in [0.05, 0.1) is 7.11 Å². The van der Waals surface area contributed by atoms with E-state index in [0.717, 1.165) is 25.7 Å². The normalized spacial score (nSPS) is 29.8. The Bertz CT molecular complexity index is 161. The van der Waals surface area contributed by atoms with Crippen molar-refractivity contribution < 1.29 is 9.63 Å². The fraction of sp³-hybridized carbons (Fsp3) is 0.875. The summed E-state index contributed by atoms with van der Waals surface area (Å²) in [4.78, 5) is 15.8. The molecule has 4 heteroatoms. The Labute approximate surface area is 72.4 Å². The zero-order chi connectivity index (χ0) is 8.97. The molecule has 1 aliphatic carbocycles. The van der Waals surface area contributed by atoms with Crippen LogP contribution in [-0.4, -0.2) is 19.1 Å². The number of rotatable bonds is 2. The van der Waals surface area contributed by atoms with Crippen molar-refractivity contribution >= 4 is 5.91 Å². The van der Waals surface area contributed by atoms with Gasteiger partial charge in [0, 0.05) is 12.0 Å². The van der Waals surface area contributed by atoms with Crippen LogP contribution in [0.5, 0.6) is 0 Å². The van der Waals surface area contributed by atoms with Gasteiger partial charge in [0.15, 0.2) is 0 Å². The van der Waals surface area contributed by atoms with Gasteiger partial charge in [-0.3, -0.25) is 9.63 Å². The number of nitrogens with two attached hydrogens (primary N) is 1. The average Bonchev–Trinajstić information content (AvgIpc) is 2.05. The first-order valence-corrected chi connectivity index (χ1v) is 4.32. The summed E-state index contributed by atoms with van der Waals surface area (Å²) in [6.45, 7) is 0. The van der Waals surface area contributed by atoms with Gasteiger partial charge >= 0.3 is 0 Å². The smallest absolute Gasteiger partial charge is 0.246 e. The summed E-state index contributed by atoms with van der Waals surface area (Å²) in [5, 5.41) is 0. The van der Waals surface area contributed by atoms with Crippen LogP contribution in [0.4, 0.5) is 0 Å². The highest BCUT2D eigenvalue weighted by Crippen LogP contribution is 2.22. The van der Waals surface area contributed by atoms with Crippen molar-refractivity contribution in [3.63, 3.8) is 0 Å². The molecular formula is C8H16N2O2. The molecule has 0 aromatic carbocycles. The van der Waals surface area contributed by atoms with E-state index in [1.54, 1.807) is 0 Å². The highest BCUT2D eigenvalue weighted by Gasteiger charge is 2.24. The summed E-state index contributed by atoms with van der Waals surface area (Å²) in [5.74, 6) is 0.0151. The molecule has 1 rings (SSSR count). The third-order valence-corrected chi connectivity index (χ3v) is 2.29. The molecule has 0 aliphatic heterocycles. The molecule has 0 radical (unpaired) electrons. The quantitative estimate of drug-likeness (QED) is 0.584. The van der Waals surface area contributed by atoms with E-state index in [0.29, 0.717) is 0 Å². The number of amides is 1. The molecule has 0 bridgehead atoms. The Morgan fingerprint density at radius 1 is 1.58 bits per heavy atom. The molecule has 0 aromatic heterocycles. The van der Waals surface area contributed by atoms with E-state index in [-0.39, 0.29) is 17.9 Å². The Balaban J connectivity index is 2.35. The highest BCUT2D eigenvalue weighted by molar-refractivity contribution is 5.77. The molecule has 4 nitrogen and oxygen atoms in total. The van der Waals surface area contributed by atoms with Gasteiger partial charge in [-0.1, -0.05) is 6.42 Å². The van der Waals surface area contributed by atoms with Crippen LogP contribution in [-0.2, 0) is 9.63 Å². The summed E-state index contributed by atoms with van der Waals surface area (Å²) >= 11 is 0. The molecule has 3 N–H and O–H groups in total. The van der Waals surface area contributed by atoms with Crippen LogP contribution in [0.3, 0.4) is 0 Å². The third-order valence-electron chi connectivity index (χ3n) is 2.29. The molecule has 70 valence electrons. The van der Waals surface area contributed by atoms with Crippen molar-refractivity contribution in [2.45, 2.75) is 31.7 Å². The predicted octanol–water partition coefficient (Wildman–Crippen LogP) is 0.181. The van der Waals surface area contributed by atoms with Gasteiger partial charge in [-0.25, -0.2) is 5.48 Å². The number of carbonyl (C=O) groups excluding carboxylic acids is 1. The zero-order valence-electron chi connectivity index (χ0n) is 7.38. The fourth-order valence-corrected chi connectivity index (χ4v) is 1.65. The molecule has 1 saturated carbocycles. The molecule has 0 saturated heterocycles. The van der Waals surface area contributed by atoms with E-state index in [4.69, 9.17) is 5.73 Å². The fourth-order valence-electron chi connectivity index (χ4n) is 1.65. The van der Waals surface area contributed by atoms with Crippen molar-refractivity contribution in [1.29, 1.82) is 0 Å². The van der Waals surface area contributed by atoms with Crippen molar-refractivity contribution in [1.82, 2.24) is 5.48 Å². The number of hydrogen-bond donors (Lipinski definition) is 2. The van der Waals surface area contributed by atoms with Crippen molar-refractivity contribution in [2.24, 2.45) is 11.7 Å². The Morgan fingerprint density at radius 3 is 2.92 bits per heavy atom. The molecule has 0 aromatic rings. The van der Waals surface area contributed by atoms with Crippen LogP contribution < -0.4 is 11.2 Å². The SMILES string of the molecule is CONC(=O)[C@@H]1CCC[C@H](N)C1. The predicted molar refractivity (Wildman–Crippen MR) is 45.1 cm³/mol. The van der Waals surface area contributed by atoms with Crippen molar-refractivity contribution in [3.05, 3.63) is 0 Å². The van der Waals surface area contributed by atoms with Gasteiger partial charge in [-0.15, -0.1) is 0 Å². The summed E-state index contributed by atoms with van der Waals surface area (Å²) in [6.07, 6.45) is 3.80. The second-order valence-corrected chi connectivity index (χ2v) is 3.29. The maximum Gasteiger partial charge on any atom is 0.246 e. The van der Waals surface area contributed by atoms with Gasteiger partial charge in [0.2, 0.25) is 5.91 Å². The van der Waals surface area contributed by atoms with Gasteiger partial charge in [-0.05, 0) is 19.3 Å². The van der Waals surface area contributed by atoms with E-state index in [9.17, 15) is 4.79 Å². The molecular weight excluding hydrogens is 156 g/mol. The van der Waals surface area contributed by atoms with E-state index in [1.807, 2.05) is 0 Å². The Kier molecular flexibility index (Phi) is 3.49. The Hall–Kier alpha value is -0.610. The zero-order valence-corrected chi connectivity index (χ0v) is 7.38. The van der Waals surface area contributed by atoms with E-state index >= 15 is 0 Å². The van der Waals surface area contributed by atoms with Crippen molar-refractivity contribution in [2.75, 3.05) is 7.11 Å². The van der Waals surface area contributed by atoms with Crippen molar-refractivity contribution in [3.8, 4) is 0 Å². The first-order chi connectivity index (χ1) is 5.74. The van der Waals surface area contributed by atoms with Crippen LogP contribution in [0.15, 0.2) is 0 Å². The molecule has 0 unspecified atom stereocenters. The van der Waals surface area contributed by atoms with Crippen LogP contribution >= 0.6 is 0 Å². The molecule has 2 atom stereocenters. The summed E-state index contributed by atoms with van der Waals surface area (Å²) < 4.78 is 0. The lowest BCUT2D eigenvalue weighted by atomic mass is 9.86. The second-order valence-electron chi connectivity index (χ2n) is 3.29. The monoisotopic (exact) mass is 172 g/mol. The molecule has 12 heavy (non-hydrogen) atoms. The summed E-state index contributed by atoms with van der Waals surface area (Å²) in [5.41, 5.74) is 8.08. The Morgan fingerprint density at radius 2 is 2.33 bits per heavy atom. The van der Waals surface area contributed by atoms with Gasteiger partial charge in [0.1, 0.15) is 0 Å². The van der Waals surface area contributed by atoms with Crippen LogP contribution in [0.25, 0.3) is 0 Å². The van der Waals surface area contributed by atoms with Gasteiger partial charge in [-0.2, -0.15) is 0 Å². The van der Waals surface area contributed by atoms with E-state index < -0.39 is 0 Å². The standard InChI is InChI=1S/C8H16N2O2/c1-12-10-8(11)6-3-2-4-7(9)5-6/h6-7H,2-5,9H2,1H3,(H,10,11)/t6-,7+/m1/s1. The molecule has 1 fully saturated rings. The highest BCUT2D eigenvalue weighted by atomic mass is 16.6. The number of carbonyl (C=O) groups is 1. The van der Waals surface area contributed by atoms with Gasteiger partial charge in [0.25, 0.3) is 0 Å². The maximum absolute atomic E-state index is 11.3. The minimum Gasteiger partial charge on any atom is -0.328 e. The van der Waals surface area contributed by atoms with Crippen LogP contribution in [0, 0.1) is 5.92 Å². The van der Waals surface area contributed by atoms with Crippen LogP contribution in [0.2, 0.25) is 0 Å². The first-order valence-electron chi connectivity index (χ1n) is 4.32. The average molecular weight is 172 g/mol. The maximum atomic E-state index is 11.3. The minimum atomic E-state index is -0.0346. The van der Waals surface area contributed by atoms with E-state index in [2.05, 4.69) is 10.3 Å². The second kappa shape index (κ2) is 4.42. The topological polar surface area (TPSA) is 64.3 Å². The first kappa shape index (κ1) is 9.48. The van der Waals surface area contributed by atoms with E-state index in [1.165, 1.54) is 7.11 Å². The van der Waals surface area contributed by atoms with Gasteiger partial charge < -0.3 is 5.73 Å². The summed E-state index contributed by atoms with van der Waals surface area (Å²) in [6, 6.07) is 0.186. The molecule has 0 heterocycles. The molecule has 1 amide bonds. The lowest BCUT2D eigenvalue weighted by molar-refractivity contribution is -0.136. The summed E-state index contributed by atoms with van der Waals surface area (Å²) in [7, 11) is 1.45. The van der Waals surface area contributed by atoms with Crippen LogP contribution in [0.1, 0.15) is 25.7 Å². The minimum absolute atomic E-state index is 0.0346. The third kappa shape index (κ3) is 2.46. The number of nitrogens with one attached hydrogen (secondary N) is 1. The molecule has 1 aliphatic rings. The lowest BCUT2D eigenvalue weighted by Gasteiger charge is -2.24. The number of hydrogen-bond acceptors (Lipinski definition) is 3. The lowest BCUT2D eigenvalue weighted by Crippen LogP contribution is -2.37. The molecule has 0 spiro atoms. The largest absolute Gasteiger partial charge is 0.328 e. The number of hydroxylamine groups is 1.